The van der Waals surface area contributed by atoms with Crippen molar-refractivity contribution < 1.29 is 24.5 Å². The van der Waals surface area contributed by atoms with Gasteiger partial charge in [-0.2, -0.15) is 0 Å². The Morgan fingerprint density at radius 3 is 2.51 bits per heavy atom. The van der Waals surface area contributed by atoms with Crippen molar-refractivity contribution >= 4 is 29.2 Å². The zero-order chi connectivity index (χ0) is 29.9. The lowest BCUT2D eigenvalue weighted by Gasteiger charge is -2.34. The van der Waals surface area contributed by atoms with Gasteiger partial charge in [-0.3, -0.25) is 14.5 Å². The van der Waals surface area contributed by atoms with Crippen LogP contribution in [0.15, 0.2) is 41.3 Å². The molecule has 0 spiro atoms. The number of aliphatic hydroxyl groups is 2. The van der Waals surface area contributed by atoms with Crippen LogP contribution in [0.2, 0.25) is 0 Å². The fourth-order valence-corrected chi connectivity index (χ4v) is 6.80. The number of nitrogens with zero attached hydrogens (tertiary/aromatic N) is 2. The van der Waals surface area contributed by atoms with Gasteiger partial charge in [0.25, 0.3) is 0 Å². The number of thiazole rings is 1. The summed E-state index contributed by atoms with van der Waals surface area (Å²) in [7, 11) is 0. The lowest BCUT2D eigenvalue weighted by molar-refractivity contribution is -0.154. The average molecular weight is 583 g/mol. The highest BCUT2D eigenvalue weighted by Gasteiger charge is 2.48. The molecule has 0 saturated carbocycles. The number of cyclic esters (lactones) is 1. The van der Waals surface area contributed by atoms with E-state index in [4.69, 9.17) is 4.74 Å². The summed E-state index contributed by atoms with van der Waals surface area (Å²) in [5.41, 5.74) is 1.79. The molecule has 8 atom stereocenters. The van der Waals surface area contributed by atoms with Crippen LogP contribution in [0.5, 0.6) is 0 Å². The molecule has 1 aromatic carbocycles. The number of carbonyl (C=O) groups excluding carboxylic acids is 2. The smallest absolute Gasteiger partial charge is 0.309 e. The number of aromatic nitrogens is 1. The Hall–Kier alpha value is -2.39. The Balaban J connectivity index is 1.62. The quantitative estimate of drug-likeness (QED) is 0.359. The summed E-state index contributed by atoms with van der Waals surface area (Å²) in [4.78, 5) is 33.7. The molecule has 0 aliphatic carbocycles. The summed E-state index contributed by atoms with van der Waals surface area (Å²) in [6, 6.07) is 11.0. The van der Waals surface area contributed by atoms with E-state index in [2.05, 4.69) is 34.1 Å². The zero-order valence-corrected chi connectivity index (χ0v) is 26.1. The van der Waals surface area contributed by atoms with Gasteiger partial charge in [-0.25, -0.2) is 4.98 Å². The fraction of sp³-hybridized carbons (Fsp3) is 0.606. The monoisotopic (exact) mass is 582 g/mol. The van der Waals surface area contributed by atoms with Crippen LogP contribution in [-0.2, 0) is 20.9 Å². The van der Waals surface area contributed by atoms with Gasteiger partial charge in [0.05, 0.1) is 34.7 Å². The molecule has 0 radical (unpaired) electrons. The number of ketones is 1. The lowest BCUT2D eigenvalue weighted by atomic mass is 9.73. The maximum Gasteiger partial charge on any atom is 0.309 e. The molecule has 2 fully saturated rings. The van der Waals surface area contributed by atoms with Crippen molar-refractivity contribution in [2.75, 3.05) is 0 Å². The Morgan fingerprint density at radius 2 is 1.85 bits per heavy atom. The van der Waals surface area contributed by atoms with Gasteiger partial charge in [-0.15, -0.1) is 11.3 Å². The Kier molecular flexibility index (Phi) is 10.2. The second-order valence-electron chi connectivity index (χ2n) is 12.7. The van der Waals surface area contributed by atoms with Crippen LogP contribution in [0.4, 0.5) is 0 Å². The van der Waals surface area contributed by atoms with E-state index in [1.165, 1.54) is 5.56 Å². The summed E-state index contributed by atoms with van der Waals surface area (Å²) in [5.74, 6) is -1.49. The number of carbonyl (C=O) groups is 2. The standard InChI is InChI=1S/C33H46N2O5S/c1-20-11-10-14-26-27(35(26)18-24-12-8-7-9-13-24)16-28(21(2)15-25-19-41-23(4)34-25)40-30(37)17-29(36)33(5,6)32(39)22(3)31(20)38/h7-9,12-13,15,19-20,22,26-29,31,36,38H,10-11,14,16-18H2,1-6H3/b21-15+/t20-,22+,26+,27-,28-,29-,31?,35?/m0/s1. The summed E-state index contributed by atoms with van der Waals surface area (Å²) in [6.45, 7) is 11.8. The number of Topliss-reactive ketones (excluding diaryl/α,β-unsaturated/α-hetero) is 1. The van der Waals surface area contributed by atoms with Crippen molar-refractivity contribution in [3.8, 4) is 0 Å². The maximum atomic E-state index is 13.4. The maximum absolute atomic E-state index is 13.4. The minimum atomic E-state index is -1.23. The number of hydrogen-bond donors (Lipinski definition) is 2. The van der Waals surface area contributed by atoms with Crippen molar-refractivity contribution in [2.45, 2.75) is 111 Å². The van der Waals surface area contributed by atoms with E-state index in [9.17, 15) is 19.8 Å². The molecule has 1 aromatic heterocycles. The van der Waals surface area contributed by atoms with E-state index in [-0.39, 0.29) is 24.2 Å². The van der Waals surface area contributed by atoms with Crippen LogP contribution in [0.1, 0.15) is 83.0 Å². The van der Waals surface area contributed by atoms with Crippen molar-refractivity contribution in [1.29, 1.82) is 0 Å². The molecule has 2 saturated heterocycles. The molecule has 2 aliphatic heterocycles. The van der Waals surface area contributed by atoms with Crippen molar-refractivity contribution in [3.63, 3.8) is 0 Å². The van der Waals surface area contributed by atoms with E-state index in [1.54, 1.807) is 32.1 Å². The molecule has 2 aromatic rings. The van der Waals surface area contributed by atoms with Gasteiger partial charge >= 0.3 is 5.97 Å². The molecular formula is C33H46N2O5S. The van der Waals surface area contributed by atoms with Crippen LogP contribution in [0.3, 0.4) is 0 Å². The number of rotatable bonds is 4. The van der Waals surface area contributed by atoms with Gasteiger partial charge in [0, 0.05) is 36.3 Å². The predicted octanol–water partition coefficient (Wildman–Crippen LogP) is 5.57. The number of hydrogen-bond acceptors (Lipinski definition) is 8. The number of aryl methyl sites for hydroxylation is 1. The lowest BCUT2D eigenvalue weighted by Crippen LogP contribution is -2.45. The summed E-state index contributed by atoms with van der Waals surface area (Å²) in [5, 5.41) is 25.0. The third-order valence-corrected chi connectivity index (χ3v) is 9.95. The van der Waals surface area contributed by atoms with Crippen LogP contribution in [0.25, 0.3) is 6.08 Å². The minimum Gasteiger partial charge on any atom is -0.458 e. The number of esters is 1. The number of aliphatic hydroxyl groups excluding tert-OH is 2. The van der Waals surface area contributed by atoms with Crippen molar-refractivity contribution in [3.05, 3.63) is 57.6 Å². The first-order valence-electron chi connectivity index (χ1n) is 14.9. The summed E-state index contributed by atoms with van der Waals surface area (Å²) >= 11 is 1.58. The molecule has 7 nitrogen and oxygen atoms in total. The molecule has 2 N–H and O–H groups in total. The Bertz CT molecular complexity index is 1230. The van der Waals surface area contributed by atoms with E-state index < -0.39 is 35.6 Å². The van der Waals surface area contributed by atoms with E-state index in [0.29, 0.717) is 12.5 Å². The third-order valence-electron chi connectivity index (χ3n) is 9.16. The van der Waals surface area contributed by atoms with Gasteiger partial charge in [-0.1, -0.05) is 64.4 Å². The number of ether oxygens (including phenoxy) is 1. The molecule has 2 unspecified atom stereocenters. The highest BCUT2D eigenvalue weighted by Crippen LogP contribution is 2.40. The first kappa shape index (κ1) is 31.5. The minimum absolute atomic E-state index is 0.0565. The van der Waals surface area contributed by atoms with Gasteiger partial charge < -0.3 is 14.9 Å². The normalized spacial score (nSPS) is 33.6. The predicted molar refractivity (Wildman–Crippen MR) is 162 cm³/mol. The van der Waals surface area contributed by atoms with E-state index in [1.807, 2.05) is 38.3 Å². The van der Waals surface area contributed by atoms with Crippen LogP contribution in [0, 0.1) is 24.2 Å². The fourth-order valence-electron chi connectivity index (χ4n) is 6.23. The van der Waals surface area contributed by atoms with E-state index in [0.717, 1.165) is 42.1 Å². The second-order valence-corrected chi connectivity index (χ2v) is 13.7. The number of benzene rings is 1. The topological polar surface area (TPSA) is 99.7 Å². The molecule has 0 amide bonds. The van der Waals surface area contributed by atoms with Crippen molar-refractivity contribution in [1.82, 2.24) is 9.88 Å². The van der Waals surface area contributed by atoms with Crippen molar-refractivity contribution in [2.24, 2.45) is 17.3 Å². The second kappa shape index (κ2) is 13.3. The van der Waals surface area contributed by atoms with Gasteiger partial charge in [0.15, 0.2) is 0 Å². The third kappa shape index (κ3) is 7.72. The largest absolute Gasteiger partial charge is 0.458 e. The SMILES string of the molecule is C/C(=C\c1csc(C)n1)[C@@H]1C[C@H]2[C@@H](CCC[C@H](C)C(O)[C@@H](C)C(=O)C(C)(C)[C@@H](O)CC(=O)O1)N2Cc1ccccc1. The first-order chi connectivity index (χ1) is 19.4. The van der Waals surface area contributed by atoms with Crippen LogP contribution in [-0.4, -0.2) is 62.2 Å². The average Bonchev–Trinajstić information content (AvgIpc) is 3.38. The Morgan fingerprint density at radius 1 is 1.15 bits per heavy atom. The van der Waals surface area contributed by atoms with E-state index >= 15 is 0 Å². The zero-order valence-electron chi connectivity index (χ0n) is 25.2. The molecule has 41 heavy (non-hydrogen) atoms. The molecular weight excluding hydrogens is 536 g/mol. The molecule has 4 rings (SSSR count). The van der Waals surface area contributed by atoms with Gasteiger partial charge in [0.1, 0.15) is 11.9 Å². The summed E-state index contributed by atoms with van der Waals surface area (Å²) < 4.78 is 6.07. The molecule has 2 aliphatic rings. The van der Waals surface area contributed by atoms with Crippen LogP contribution < -0.4 is 0 Å². The van der Waals surface area contributed by atoms with Crippen LogP contribution >= 0.6 is 11.3 Å². The van der Waals surface area contributed by atoms with Gasteiger partial charge in [0.2, 0.25) is 0 Å². The number of fused-ring (bicyclic) bond motifs is 1. The highest BCUT2D eigenvalue weighted by molar-refractivity contribution is 7.09. The highest BCUT2D eigenvalue weighted by atomic mass is 32.1. The molecule has 8 heteroatoms. The van der Waals surface area contributed by atoms with Gasteiger partial charge in [-0.05, 0) is 49.8 Å². The molecule has 3 heterocycles. The summed E-state index contributed by atoms with van der Waals surface area (Å²) in [6.07, 6.45) is 2.52. The molecule has 224 valence electrons. The first-order valence-corrected chi connectivity index (χ1v) is 15.8. The Labute approximate surface area is 248 Å². The molecule has 0 bridgehead atoms.